The summed E-state index contributed by atoms with van der Waals surface area (Å²) in [7, 11) is 0. The summed E-state index contributed by atoms with van der Waals surface area (Å²) in [4.78, 5) is 12.2. The topological polar surface area (TPSA) is 69.0 Å². The predicted octanol–water partition coefficient (Wildman–Crippen LogP) is 3.17. The second-order valence-electron chi connectivity index (χ2n) is 7.58. The SMILES string of the molecule is Cc1ccc(C(C)C)c(OCC(=O)NCCc2nnc3n2CCCCC3)c1. The van der Waals surface area contributed by atoms with Crippen LogP contribution in [-0.4, -0.2) is 33.8 Å². The highest BCUT2D eigenvalue weighted by molar-refractivity contribution is 5.77. The Labute approximate surface area is 161 Å². The van der Waals surface area contributed by atoms with Crippen molar-refractivity contribution >= 4 is 5.91 Å². The minimum atomic E-state index is -0.109. The molecule has 146 valence electrons. The molecule has 1 aromatic carbocycles. The van der Waals surface area contributed by atoms with Crippen molar-refractivity contribution in [3.05, 3.63) is 41.0 Å². The van der Waals surface area contributed by atoms with Crippen LogP contribution in [0.2, 0.25) is 0 Å². The second-order valence-corrected chi connectivity index (χ2v) is 7.58. The first-order valence-electron chi connectivity index (χ1n) is 9.95. The zero-order valence-corrected chi connectivity index (χ0v) is 16.6. The lowest BCUT2D eigenvalue weighted by atomic mass is 10.0. The summed E-state index contributed by atoms with van der Waals surface area (Å²) in [6, 6.07) is 6.14. The third-order valence-corrected chi connectivity index (χ3v) is 5.01. The van der Waals surface area contributed by atoms with Gasteiger partial charge < -0.3 is 14.6 Å². The summed E-state index contributed by atoms with van der Waals surface area (Å²) in [5, 5.41) is 11.5. The molecule has 2 heterocycles. The molecule has 1 aromatic heterocycles. The van der Waals surface area contributed by atoms with Gasteiger partial charge in [0.25, 0.3) is 5.91 Å². The minimum absolute atomic E-state index is 0.0289. The van der Waals surface area contributed by atoms with E-state index in [2.05, 4.69) is 46.1 Å². The van der Waals surface area contributed by atoms with Crippen LogP contribution in [0.4, 0.5) is 0 Å². The zero-order valence-electron chi connectivity index (χ0n) is 16.6. The van der Waals surface area contributed by atoms with Gasteiger partial charge in [0, 0.05) is 25.9 Å². The monoisotopic (exact) mass is 370 g/mol. The van der Waals surface area contributed by atoms with Crippen molar-refractivity contribution < 1.29 is 9.53 Å². The van der Waals surface area contributed by atoms with E-state index in [1.807, 2.05) is 13.0 Å². The van der Waals surface area contributed by atoms with E-state index in [1.165, 1.54) is 19.3 Å². The summed E-state index contributed by atoms with van der Waals surface area (Å²) in [6.07, 6.45) is 5.30. The van der Waals surface area contributed by atoms with Crippen LogP contribution in [0.15, 0.2) is 18.2 Å². The lowest BCUT2D eigenvalue weighted by molar-refractivity contribution is -0.123. The lowest BCUT2D eigenvalue weighted by Gasteiger charge is -2.15. The van der Waals surface area contributed by atoms with E-state index in [0.717, 1.165) is 41.5 Å². The molecule has 0 saturated heterocycles. The Morgan fingerprint density at radius 2 is 2.11 bits per heavy atom. The molecular weight excluding hydrogens is 340 g/mol. The van der Waals surface area contributed by atoms with E-state index in [-0.39, 0.29) is 12.5 Å². The molecule has 3 rings (SSSR count). The van der Waals surface area contributed by atoms with Gasteiger partial charge in [-0.2, -0.15) is 0 Å². The van der Waals surface area contributed by atoms with Gasteiger partial charge in [0.2, 0.25) is 0 Å². The Hall–Kier alpha value is -2.37. The van der Waals surface area contributed by atoms with Crippen molar-refractivity contribution in [3.63, 3.8) is 0 Å². The first-order chi connectivity index (χ1) is 13.0. The van der Waals surface area contributed by atoms with Crippen molar-refractivity contribution in [2.75, 3.05) is 13.2 Å². The molecule has 1 N–H and O–H groups in total. The molecule has 0 unspecified atom stereocenters. The van der Waals surface area contributed by atoms with Crippen molar-refractivity contribution in [2.45, 2.75) is 65.3 Å². The summed E-state index contributed by atoms with van der Waals surface area (Å²) >= 11 is 0. The summed E-state index contributed by atoms with van der Waals surface area (Å²) in [6.45, 7) is 7.84. The van der Waals surface area contributed by atoms with Gasteiger partial charge in [-0.15, -0.1) is 10.2 Å². The Kier molecular flexibility index (Phi) is 6.48. The fraction of sp³-hybridized carbons (Fsp3) is 0.571. The van der Waals surface area contributed by atoms with Gasteiger partial charge in [0.1, 0.15) is 17.4 Å². The number of rotatable bonds is 7. The van der Waals surface area contributed by atoms with E-state index >= 15 is 0 Å². The number of amides is 1. The molecule has 2 aromatic rings. The smallest absolute Gasteiger partial charge is 0.257 e. The third-order valence-electron chi connectivity index (χ3n) is 5.01. The van der Waals surface area contributed by atoms with Gasteiger partial charge in [0.05, 0.1) is 0 Å². The number of ether oxygens (including phenoxy) is 1. The molecule has 6 heteroatoms. The average molecular weight is 370 g/mol. The summed E-state index contributed by atoms with van der Waals surface area (Å²) in [5.41, 5.74) is 2.25. The van der Waals surface area contributed by atoms with Gasteiger partial charge >= 0.3 is 0 Å². The van der Waals surface area contributed by atoms with Gasteiger partial charge in [-0.05, 0) is 42.9 Å². The number of nitrogens with one attached hydrogen (secondary N) is 1. The van der Waals surface area contributed by atoms with Crippen LogP contribution in [0.1, 0.15) is 61.8 Å². The van der Waals surface area contributed by atoms with Crippen molar-refractivity contribution in [3.8, 4) is 5.75 Å². The highest BCUT2D eigenvalue weighted by atomic mass is 16.5. The minimum Gasteiger partial charge on any atom is -0.483 e. The molecule has 0 aliphatic carbocycles. The Morgan fingerprint density at radius 1 is 1.26 bits per heavy atom. The number of aromatic nitrogens is 3. The molecule has 0 spiro atoms. The molecule has 0 bridgehead atoms. The number of aryl methyl sites for hydroxylation is 2. The number of hydrogen-bond acceptors (Lipinski definition) is 4. The van der Waals surface area contributed by atoms with Crippen LogP contribution in [0.3, 0.4) is 0 Å². The van der Waals surface area contributed by atoms with Gasteiger partial charge in [0.15, 0.2) is 6.61 Å². The number of nitrogens with zero attached hydrogens (tertiary/aromatic N) is 3. The highest BCUT2D eigenvalue weighted by Crippen LogP contribution is 2.27. The maximum atomic E-state index is 12.2. The van der Waals surface area contributed by atoms with Crippen LogP contribution >= 0.6 is 0 Å². The molecule has 0 radical (unpaired) electrons. The standard InChI is InChI=1S/C21H30N4O2/c1-15(2)17-9-8-16(3)13-18(17)27-14-21(26)22-11-10-20-24-23-19-7-5-4-6-12-25(19)20/h8-9,13,15H,4-7,10-12,14H2,1-3H3,(H,22,26). The average Bonchev–Trinajstić information content (AvgIpc) is 2.86. The quantitative estimate of drug-likeness (QED) is 0.813. The van der Waals surface area contributed by atoms with Crippen LogP contribution in [0.5, 0.6) is 5.75 Å². The van der Waals surface area contributed by atoms with Crippen LogP contribution < -0.4 is 10.1 Å². The number of fused-ring (bicyclic) bond motifs is 1. The fourth-order valence-corrected chi connectivity index (χ4v) is 3.48. The maximum Gasteiger partial charge on any atom is 0.257 e. The van der Waals surface area contributed by atoms with Crippen LogP contribution in [0.25, 0.3) is 0 Å². The molecule has 6 nitrogen and oxygen atoms in total. The van der Waals surface area contributed by atoms with Crippen LogP contribution in [0, 0.1) is 6.92 Å². The van der Waals surface area contributed by atoms with Crippen molar-refractivity contribution in [1.29, 1.82) is 0 Å². The van der Waals surface area contributed by atoms with Gasteiger partial charge in [-0.1, -0.05) is 32.4 Å². The fourth-order valence-electron chi connectivity index (χ4n) is 3.48. The first kappa shape index (κ1) is 19.4. The Bertz CT molecular complexity index is 782. The maximum absolute atomic E-state index is 12.2. The predicted molar refractivity (Wildman–Crippen MR) is 105 cm³/mol. The Morgan fingerprint density at radius 3 is 2.93 bits per heavy atom. The molecule has 0 saturated carbocycles. The van der Waals surface area contributed by atoms with Crippen molar-refractivity contribution in [2.24, 2.45) is 0 Å². The number of carbonyl (C=O) groups is 1. The summed E-state index contributed by atoms with van der Waals surface area (Å²) < 4.78 is 8.01. The Balaban J connectivity index is 1.48. The molecule has 0 atom stereocenters. The van der Waals surface area contributed by atoms with Crippen LogP contribution in [-0.2, 0) is 24.2 Å². The highest BCUT2D eigenvalue weighted by Gasteiger charge is 2.15. The number of hydrogen-bond donors (Lipinski definition) is 1. The second kappa shape index (κ2) is 9.02. The largest absolute Gasteiger partial charge is 0.483 e. The normalized spacial score (nSPS) is 13.9. The van der Waals surface area contributed by atoms with E-state index in [4.69, 9.17) is 4.74 Å². The van der Waals surface area contributed by atoms with E-state index in [0.29, 0.717) is 18.9 Å². The summed E-state index contributed by atoms with van der Waals surface area (Å²) in [5.74, 6) is 3.09. The van der Waals surface area contributed by atoms with Gasteiger partial charge in [-0.3, -0.25) is 4.79 Å². The lowest BCUT2D eigenvalue weighted by Crippen LogP contribution is -2.31. The number of carbonyl (C=O) groups excluding carboxylic acids is 1. The third kappa shape index (κ3) is 5.08. The molecule has 27 heavy (non-hydrogen) atoms. The van der Waals surface area contributed by atoms with E-state index < -0.39 is 0 Å². The molecule has 1 amide bonds. The van der Waals surface area contributed by atoms with Crippen molar-refractivity contribution in [1.82, 2.24) is 20.1 Å². The number of benzene rings is 1. The van der Waals surface area contributed by atoms with Gasteiger partial charge in [-0.25, -0.2) is 0 Å². The first-order valence-corrected chi connectivity index (χ1v) is 9.95. The molecule has 0 fully saturated rings. The zero-order chi connectivity index (χ0) is 19.2. The molecule has 1 aliphatic heterocycles. The molecule has 1 aliphatic rings. The van der Waals surface area contributed by atoms with E-state index in [9.17, 15) is 4.79 Å². The van der Waals surface area contributed by atoms with E-state index in [1.54, 1.807) is 0 Å². The molecular formula is C21H30N4O2.